The van der Waals surface area contributed by atoms with Crippen LogP contribution in [-0.4, -0.2) is 17.6 Å². The van der Waals surface area contributed by atoms with E-state index in [1.165, 1.54) is 18.2 Å². The van der Waals surface area contributed by atoms with E-state index >= 15 is 0 Å². The monoisotopic (exact) mass is 231 g/mol. The minimum Gasteiger partial charge on any atom is -0.481 e. The van der Waals surface area contributed by atoms with Gasteiger partial charge in [-0.15, -0.1) is 0 Å². The van der Waals surface area contributed by atoms with Crippen LogP contribution in [0.2, 0.25) is 5.02 Å². The van der Waals surface area contributed by atoms with Crippen LogP contribution in [0.3, 0.4) is 0 Å². The molecule has 3 nitrogen and oxygen atoms in total. The highest BCUT2D eigenvalue weighted by Gasteiger charge is 2.02. The maximum atomic E-state index is 12.8. The van der Waals surface area contributed by atoms with Gasteiger partial charge in [0.15, 0.2) is 0 Å². The molecule has 0 aromatic heterocycles. The standard InChI is InChI=1S/C10H11ClFNO2/c11-8-4-3-7(12)6-9(8)13-5-1-2-10(14)15/h3-4,6,13H,1-2,5H2,(H,14,15). The normalized spacial score (nSPS) is 10.0. The molecule has 0 spiro atoms. The quantitative estimate of drug-likeness (QED) is 0.766. The number of hydrogen-bond donors (Lipinski definition) is 2. The minimum absolute atomic E-state index is 0.0833. The number of carboxylic acids is 1. The lowest BCUT2D eigenvalue weighted by atomic mass is 10.2. The molecule has 1 aromatic rings. The van der Waals surface area contributed by atoms with Crippen molar-refractivity contribution in [1.29, 1.82) is 0 Å². The van der Waals surface area contributed by atoms with E-state index in [2.05, 4.69) is 5.32 Å². The Kier molecular flexibility index (Phi) is 4.37. The van der Waals surface area contributed by atoms with Crippen LogP contribution in [-0.2, 0) is 4.79 Å². The molecule has 0 bridgehead atoms. The van der Waals surface area contributed by atoms with Crippen LogP contribution < -0.4 is 5.32 Å². The first-order chi connectivity index (χ1) is 7.09. The van der Waals surface area contributed by atoms with Gasteiger partial charge in [-0.25, -0.2) is 4.39 Å². The van der Waals surface area contributed by atoms with Gasteiger partial charge >= 0.3 is 5.97 Å². The van der Waals surface area contributed by atoms with E-state index in [9.17, 15) is 9.18 Å². The third-order valence-electron chi connectivity index (χ3n) is 1.81. The fourth-order valence-corrected chi connectivity index (χ4v) is 1.28. The van der Waals surface area contributed by atoms with E-state index in [1.807, 2.05) is 0 Å². The molecule has 0 heterocycles. The summed E-state index contributed by atoms with van der Waals surface area (Å²) in [6, 6.07) is 4.00. The molecular formula is C10H11ClFNO2. The van der Waals surface area contributed by atoms with Gasteiger partial charge in [0, 0.05) is 13.0 Å². The molecule has 0 unspecified atom stereocenters. The van der Waals surface area contributed by atoms with Crippen molar-refractivity contribution in [3.8, 4) is 0 Å². The molecule has 1 aromatic carbocycles. The van der Waals surface area contributed by atoms with Gasteiger partial charge in [-0.2, -0.15) is 0 Å². The first kappa shape index (κ1) is 11.8. The molecule has 2 N–H and O–H groups in total. The number of rotatable bonds is 5. The average molecular weight is 232 g/mol. The lowest BCUT2D eigenvalue weighted by Crippen LogP contribution is -2.05. The predicted molar refractivity (Wildman–Crippen MR) is 56.8 cm³/mol. The Morgan fingerprint density at radius 2 is 2.27 bits per heavy atom. The SMILES string of the molecule is O=C(O)CCCNc1cc(F)ccc1Cl. The Bertz CT molecular complexity index is 357. The Balaban J connectivity index is 2.43. The number of halogens is 2. The lowest BCUT2D eigenvalue weighted by molar-refractivity contribution is -0.137. The summed E-state index contributed by atoms with van der Waals surface area (Å²) in [5, 5.41) is 11.7. The van der Waals surface area contributed by atoms with Gasteiger partial charge in [-0.3, -0.25) is 4.79 Å². The molecule has 0 radical (unpaired) electrons. The van der Waals surface area contributed by atoms with E-state index in [1.54, 1.807) is 0 Å². The van der Waals surface area contributed by atoms with Crippen molar-refractivity contribution in [2.24, 2.45) is 0 Å². The molecule has 5 heteroatoms. The Morgan fingerprint density at radius 1 is 1.53 bits per heavy atom. The molecular weight excluding hydrogens is 221 g/mol. The zero-order valence-electron chi connectivity index (χ0n) is 7.96. The summed E-state index contributed by atoms with van der Waals surface area (Å²) in [6.45, 7) is 0.454. The van der Waals surface area contributed by atoms with Crippen molar-refractivity contribution in [3.05, 3.63) is 29.0 Å². The molecule has 0 aliphatic carbocycles. The van der Waals surface area contributed by atoms with Gasteiger partial charge in [0.05, 0.1) is 10.7 Å². The van der Waals surface area contributed by atoms with Crippen LogP contribution in [0.15, 0.2) is 18.2 Å². The zero-order valence-corrected chi connectivity index (χ0v) is 8.72. The van der Waals surface area contributed by atoms with Crippen molar-refractivity contribution in [2.45, 2.75) is 12.8 Å². The van der Waals surface area contributed by atoms with E-state index in [-0.39, 0.29) is 12.2 Å². The number of anilines is 1. The second-order valence-electron chi connectivity index (χ2n) is 3.05. The maximum absolute atomic E-state index is 12.8. The van der Waals surface area contributed by atoms with Crippen LogP contribution in [0.5, 0.6) is 0 Å². The fraction of sp³-hybridized carbons (Fsp3) is 0.300. The van der Waals surface area contributed by atoms with Crippen LogP contribution in [0.4, 0.5) is 10.1 Å². The zero-order chi connectivity index (χ0) is 11.3. The summed E-state index contributed by atoms with van der Waals surface area (Å²) in [7, 11) is 0. The topological polar surface area (TPSA) is 49.3 Å². The molecule has 82 valence electrons. The first-order valence-corrected chi connectivity index (χ1v) is 4.88. The maximum Gasteiger partial charge on any atom is 0.303 e. The Morgan fingerprint density at radius 3 is 2.93 bits per heavy atom. The van der Waals surface area contributed by atoms with Crippen LogP contribution in [0.25, 0.3) is 0 Å². The number of carboxylic acid groups (broad SMARTS) is 1. The second kappa shape index (κ2) is 5.56. The predicted octanol–water partition coefficient (Wildman–Crippen LogP) is 2.76. The van der Waals surface area contributed by atoms with Crippen molar-refractivity contribution >= 4 is 23.3 Å². The van der Waals surface area contributed by atoms with E-state index < -0.39 is 5.97 Å². The summed E-state index contributed by atoms with van der Waals surface area (Å²) in [5.74, 6) is -1.22. The molecule has 0 aliphatic heterocycles. The molecule has 0 amide bonds. The Labute approximate surface area is 91.9 Å². The Hall–Kier alpha value is -1.29. The molecule has 0 fully saturated rings. The molecule has 0 saturated heterocycles. The number of hydrogen-bond acceptors (Lipinski definition) is 2. The van der Waals surface area contributed by atoms with Gasteiger partial charge in [0.2, 0.25) is 0 Å². The lowest BCUT2D eigenvalue weighted by Gasteiger charge is -2.07. The molecule has 0 saturated carbocycles. The molecule has 1 rings (SSSR count). The molecule has 0 atom stereocenters. The third-order valence-corrected chi connectivity index (χ3v) is 2.14. The van der Waals surface area contributed by atoms with Gasteiger partial charge in [0.1, 0.15) is 5.82 Å². The summed E-state index contributed by atoms with van der Waals surface area (Å²) in [6.07, 6.45) is 0.558. The summed E-state index contributed by atoms with van der Waals surface area (Å²) < 4.78 is 12.8. The van der Waals surface area contributed by atoms with Crippen molar-refractivity contribution in [3.63, 3.8) is 0 Å². The summed E-state index contributed by atoms with van der Waals surface area (Å²) >= 11 is 5.79. The largest absolute Gasteiger partial charge is 0.481 e. The van der Waals surface area contributed by atoms with E-state index in [0.29, 0.717) is 23.7 Å². The number of aliphatic carboxylic acids is 1. The van der Waals surface area contributed by atoms with Crippen molar-refractivity contribution in [2.75, 3.05) is 11.9 Å². The molecule has 15 heavy (non-hydrogen) atoms. The van der Waals surface area contributed by atoms with Gasteiger partial charge < -0.3 is 10.4 Å². The number of benzene rings is 1. The molecule has 0 aliphatic rings. The smallest absolute Gasteiger partial charge is 0.303 e. The van der Waals surface area contributed by atoms with E-state index in [4.69, 9.17) is 16.7 Å². The van der Waals surface area contributed by atoms with Gasteiger partial charge in [0.25, 0.3) is 0 Å². The van der Waals surface area contributed by atoms with Crippen molar-refractivity contribution in [1.82, 2.24) is 0 Å². The summed E-state index contributed by atoms with van der Waals surface area (Å²) in [4.78, 5) is 10.2. The van der Waals surface area contributed by atoms with Gasteiger partial charge in [-0.05, 0) is 24.6 Å². The fourth-order valence-electron chi connectivity index (χ4n) is 1.10. The van der Waals surface area contributed by atoms with Crippen LogP contribution in [0.1, 0.15) is 12.8 Å². The first-order valence-electron chi connectivity index (χ1n) is 4.50. The highest BCUT2D eigenvalue weighted by molar-refractivity contribution is 6.33. The van der Waals surface area contributed by atoms with Crippen molar-refractivity contribution < 1.29 is 14.3 Å². The van der Waals surface area contributed by atoms with Crippen LogP contribution in [0, 0.1) is 5.82 Å². The van der Waals surface area contributed by atoms with Crippen LogP contribution >= 0.6 is 11.6 Å². The van der Waals surface area contributed by atoms with E-state index in [0.717, 1.165) is 0 Å². The highest BCUT2D eigenvalue weighted by Crippen LogP contribution is 2.22. The average Bonchev–Trinajstić information content (AvgIpc) is 2.17. The number of nitrogens with one attached hydrogen (secondary N) is 1. The summed E-state index contributed by atoms with van der Waals surface area (Å²) in [5.41, 5.74) is 0.488. The van der Waals surface area contributed by atoms with Gasteiger partial charge in [-0.1, -0.05) is 11.6 Å². The third kappa shape index (κ3) is 4.16. The second-order valence-corrected chi connectivity index (χ2v) is 3.46. The number of carbonyl (C=O) groups is 1. The minimum atomic E-state index is -0.845. The highest BCUT2D eigenvalue weighted by atomic mass is 35.5.